The van der Waals surface area contributed by atoms with E-state index >= 15 is 0 Å². The zero-order valence-electron chi connectivity index (χ0n) is 25.3. The van der Waals surface area contributed by atoms with Crippen molar-refractivity contribution in [2.45, 2.75) is 44.8 Å². The number of quaternary nitrogens is 1. The molecule has 11 nitrogen and oxygen atoms in total. The van der Waals surface area contributed by atoms with Crippen LogP contribution in [0.25, 0.3) is 0 Å². The molecule has 0 amide bonds. The van der Waals surface area contributed by atoms with Gasteiger partial charge in [0.05, 0.1) is 56.1 Å². The first-order chi connectivity index (χ1) is 22.0. The Kier molecular flexibility index (Phi) is 9.07. The van der Waals surface area contributed by atoms with Crippen molar-refractivity contribution in [1.82, 2.24) is 14.8 Å². The van der Waals surface area contributed by atoms with Gasteiger partial charge in [0, 0.05) is 24.3 Å². The van der Waals surface area contributed by atoms with Gasteiger partial charge in [0.1, 0.15) is 6.04 Å². The van der Waals surface area contributed by atoms with Gasteiger partial charge in [-0.15, -0.1) is 5.10 Å². The van der Waals surface area contributed by atoms with Gasteiger partial charge in [0.2, 0.25) is 5.95 Å². The maximum atomic E-state index is 13.6. The number of alkyl halides is 3. The number of esters is 1. The van der Waals surface area contributed by atoms with Crippen molar-refractivity contribution in [2.75, 3.05) is 38.2 Å². The van der Waals surface area contributed by atoms with Gasteiger partial charge >= 0.3 is 17.8 Å². The maximum Gasteiger partial charge on any atom is 0.416 e. The molecule has 14 heteroatoms. The molecule has 3 saturated heterocycles. The third-order valence-corrected chi connectivity index (χ3v) is 9.44. The smallest absolute Gasteiger partial charge is 0.416 e. The summed E-state index contributed by atoms with van der Waals surface area (Å²) in [5.74, 6) is 0.116. The number of allylic oxidation sites excluding steroid dienone is 1. The number of nitrogens with zero attached hydrogens (tertiary/aromatic N) is 5. The Morgan fingerprint density at radius 3 is 2.48 bits per heavy atom. The molecule has 242 valence electrons. The lowest BCUT2D eigenvalue weighted by Crippen LogP contribution is -2.58. The summed E-state index contributed by atoms with van der Waals surface area (Å²) >= 11 is 0. The zero-order valence-corrected chi connectivity index (χ0v) is 25.3. The summed E-state index contributed by atoms with van der Waals surface area (Å²) in [7, 11) is 1.22. The second-order valence-electron chi connectivity index (χ2n) is 11.8. The number of carboxylic acid groups (broad SMARTS) is 1. The van der Waals surface area contributed by atoms with Crippen LogP contribution < -0.4 is 15.7 Å². The number of carbonyl (C=O) groups is 2. The lowest BCUT2D eigenvalue weighted by molar-refractivity contribution is -0.942. The van der Waals surface area contributed by atoms with E-state index in [2.05, 4.69) is 16.3 Å². The van der Waals surface area contributed by atoms with E-state index in [1.165, 1.54) is 48.0 Å². The Morgan fingerprint density at radius 1 is 1.20 bits per heavy atom. The summed E-state index contributed by atoms with van der Waals surface area (Å²) in [6.45, 7) is 5.31. The van der Waals surface area contributed by atoms with Gasteiger partial charge < -0.3 is 19.1 Å². The van der Waals surface area contributed by atoms with Crippen LogP contribution in [0, 0.1) is 17.2 Å². The number of halogens is 3. The standard InChI is InChI=1S/C31H31F3N6O3.CH2O2/c1-19-26(28(41)43-2)27(39-29(36-37-30(39)42)38(19)24-5-3-4-23(17-24)31(32,33)34)25-7-6-21(18-35)16-22(25)11-15-40-12-8-20(9-13-40)10-14-40;2-1-3/h3-7,16-17,20,27H,8-15H2,1-2H3;1H,(H,2,3)/t20?,27-,40?;/m1./s1. The second-order valence-corrected chi connectivity index (χ2v) is 11.8. The number of nitrogens with one attached hydrogen (secondary N) is 1. The van der Waals surface area contributed by atoms with Crippen LogP contribution in [0.1, 0.15) is 54.5 Å². The third-order valence-electron chi connectivity index (χ3n) is 9.44. The van der Waals surface area contributed by atoms with Crippen LogP contribution >= 0.6 is 0 Å². The fourth-order valence-corrected chi connectivity index (χ4v) is 7.07. The van der Waals surface area contributed by atoms with Gasteiger partial charge in [-0.05, 0) is 73.6 Å². The minimum absolute atomic E-state index is 0.0368. The summed E-state index contributed by atoms with van der Waals surface area (Å²) in [6.07, 6.45) is -0.349. The molecular formula is C32H33F3N6O5. The minimum Gasteiger partial charge on any atom is -0.554 e. The molecule has 0 saturated carbocycles. The van der Waals surface area contributed by atoms with Crippen molar-refractivity contribution < 1.29 is 37.1 Å². The van der Waals surface area contributed by atoms with Gasteiger partial charge in [-0.25, -0.2) is 19.3 Å². The number of hydrogen-bond donors (Lipinski definition) is 1. The Labute approximate surface area is 262 Å². The molecule has 0 unspecified atom stereocenters. The number of rotatable bonds is 6. The number of fused-ring (bicyclic) bond motifs is 4. The predicted molar refractivity (Wildman–Crippen MR) is 157 cm³/mol. The number of aromatic nitrogens is 3. The van der Waals surface area contributed by atoms with Crippen molar-refractivity contribution in [1.29, 1.82) is 5.26 Å². The number of carbonyl (C=O) groups excluding carboxylic acids is 2. The van der Waals surface area contributed by atoms with Crippen molar-refractivity contribution in [3.63, 3.8) is 0 Å². The molecule has 3 aromatic rings. The number of hydrogen-bond acceptors (Lipinski definition) is 8. The third kappa shape index (κ3) is 6.02. The first-order valence-electron chi connectivity index (χ1n) is 14.8. The number of nitriles is 1. The second kappa shape index (κ2) is 12.8. The number of benzene rings is 2. The highest BCUT2D eigenvalue weighted by atomic mass is 19.4. The number of methoxy groups -OCH3 is 1. The predicted octanol–water partition coefficient (Wildman–Crippen LogP) is 3.19. The summed E-state index contributed by atoms with van der Waals surface area (Å²) < 4.78 is 48.4. The van der Waals surface area contributed by atoms with Crippen LogP contribution in [-0.4, -0.2) is 65.0 Å². The van der Waals surface area contributed by atoms with E-state index in [0.29, 0.717) is 17.5 Å². The van der Waals surface area contributed by atoms with E-state index in [9.17, 15) is 28.0 Å². The molecule has 2 aromatic carbocycles. The molecule has 0 radical (unpaired) electrons. The van der Waals surface area contributed by atoms with E-state index in [1.807, 2.05) is 0 Å². The average Bonchev–Trinajstić information content (AvgIpc) is 3.44. The van der Waals surface area contributed by atoms with Crippen LogP contribution in [0.4, 0.5) is 24.8 Å². The summed E-state index contributed by atoms with van der Waals surface area (Å²) in [5.41, 5.74) is 0.844. The lowest BCUT2D eigenvalue weighted by Gasteiger charge is -2.49. The van der Waals surface area contributed by atoms with Crippen LogP contribution in [0.15, 0.2) is 58.5 Å². The number of H-pyrrole nitrogens is 1. The molecule has 4 aliphatic heterocycles. The van der Waals surface area contributed by atoms with E-state index in [1.54, 1.807) is 25.1 Å². The van der Waals surface area contributed by atoms with E-state index in [-0.39, 0.29) is 22.9 Å². The minimum atomic E-state index is -4.60. The van der Waals surface area contributed by atoms with Crippen LogP contribution in [-0.2, 0) is 26.9 Å². The monoisotopic (exact) mass is 638 g/mol. The highest BCUT2D eigenvalue weighted by Crippen LogP contribution is 2.44. The molecule has 0 aliphatic carbocycles. The Balaban J connectivity index is 0.00000134. The van der Waals surface area contributed by atoms with Gasteiger partial charge in [-0.1, -0.05) is 12.1 Å². The van der Waals surface area contributed by atoms with E-state index < -0.39 is 35.9 Å². The van der Waals surface area contributed by atoms with Crippen LogP contribution in [0.3, 0.4) is 0 Å². The molecule has 2 bridgehead atoms. The largest absolute Gasteiger partial charge is 0.554 e. The Hall–Kier alpha value is -4.90. The zero-order chi connectivity index (χ0) is 33.2. The Morgan fingerprint density at radius 2 is 1.87 bits per heavy atom. The molecule has 3 fully saturated rings. The van der Waals surface area contributed by atoms with Gasteiger partial charge in [0.25, 0.3) is 0 Å². The molecule has 1 aromatic heterocycles. The number of ether oxygens (including phenoxy) is 1. The SMILES string of the molecule is COC(=O)C1=C(C)N(c2cccc(C(F)(F)F)c2)c2n[nH]c(=O)n2[C@@H]1c1ccc(C#N)cc1CC[N+]12CCC(CC1)CC2.O=C[O-]. The van der Waals surface area contributed by atoms with Crippen molar-refractivity contribution in [3.05, 3.63) is 86.5 Å². The fourth-order valence-electron chi connectivity index (χ4n) is 7.07. The molecule has 1 atom stereocenters. The van der Waals surface area contributed by atoms with Gasteiger partial charge in [-0.2, -0.15) is 18.4 Å². The highest BCUT2D eigenvalue weighted by Gasteiger charge is 2.42. The first kappa shape index (κ1) is 32.5. The fraction of sp³-hybridized carbons (Fsp3) is 0.406. The molecular weight excluding hydrogens is 605 g/mol. The van der Waals surface area contributed by atoms with Crippen molar-refractivity contribution in [2.24, 2.45) is 5.92 Å². The topological polar surface area (TPSA) is 144 Å². The number of piperidine rings is 3. The van der Waals surface area contributed by atoms with Crippen LogP contribution in [0.5, 0.6) is 0 Å². The lowest BCUT2D eigenvalue weighted by atomic mass is 9.84. The average molecular weight is 639 g/mol. The first-order valence-corrected chi connectivity index (χ1v) is 14.8. The maximum absolute atomic E-state index is 13.6. The van der Waals surface area contributed by atoms with Gasteiger partial charge in [-0.3, -0.25) is 4.90 Å². The summed E-state index contributed by atoms with van der Waals surface area (Å²) in [4.78, 5) is 36.4. The highest BCUT2D eigenvalue weighted by molar-refractivity contribution is 5.93. The quantitative estimate of drug-likeness (QED) is 0.246. The molecule has 7 rings (SSSR count). The van der Waals surface area contributed by atoms with E-state index in [0.717, 1.165) is 54.3 Å². The molecule has 4 aliphatic rings. The normalized spacial score (nSPS) is 22.0. The van der Waals surface area contributed by atoms with E-state index in [4.69, 9.17) is 14.6 Å². The summed E-state index contributed by atoms with van der Waals surface area (Å²) in [5, 5.41) is 24.6. The molecule has 46 heavy (non-hydrogen) atoms. The van der Waals surface area contributed by atoms with Gasteiger partial charge in [0.15, 0.2) is 0 Å². The number of aromatic amines is 1. The number of anilines is 2. The molecule has 5 heterocycles. The summed E-state index contributed by atoms with van der Waals surface area (Å²) in [6, 6.07) is 11.0. The Bertz CT molecular complexity index is 1750. The molecule has 0 spiro atoms. The van der Waals surface area contributed by atoms with Crippen LogP contribution in [0.2, 0.25) is 0 Å². The van der Waals surface area contributed by atoms with Crippen molar-refractivity contribution in [3.8, 4) is 6.07 Å². The molecule has 1 N–H and O–H groups in total. The van der Waals surface area contributed by atoms with Crippen molar-refractivity contribution >= 4 is 24.1 Å².